The third-order valence-corrected chi connectivity index (χ3v) is 10.3. The Labute approximate surface area is 302 Å². The topological polar surface area (TPSA) is 135 Å². The van der Waals surface area contributed by atoms with Gasteiger partial charge in [-0.3, -0.25) is 19.6 Å². The maximum Gasteiger partial charge on any atom is 0.190 e. The smallest absolute Gasteiger partial charge is 0.190 e. The molecule has 51 heavy (non-hydrogen) atoms. The predicted octanol–water partition coefficient (Wildman–Crippen LogP) is 6.83. The number of ketones is 2. The molecule has 6 rings (SSSR count). The number of carbonyl (C=O) groups is 2. The van der Waals surface area contributed by atoms with Crippen LogP contribution in [0.5, 0.6) is 0 Å². The van der Waals surface area contributed by atoms with E-state index in [1.54, 1.807) is 31.5 Å². The Kier molecular flexibility index (Phi) is 12.5. The van der Waals surface area contributed by atoms with Crippen molar-refractivity contribution in [1.29, 1.82) is 0 Å². The highest BCUT2D eigenvalue weighted by Gasteiger charge is 2.14. The van der Waals surface area contributed by atoms with Gasteiger partial charge in [-0.15, -0.1) is 0 Å². The van der Waals surface area contributed by atoms with Crippen molar-refractivity contribution in [2.24, 2.45) is 9.98 Å². The molecule has 2 aromatic carbocycles. The van der Waals surface area contributed by atoms with Gasteiger partial charge in [0.25, 0.3) is 0 Å². The zero-order valence-electron chi connectivity index (χ0n) is 28.6. The zero-order chi connectivity index (χ0) is 36.5. The van der Waals surface area contributed by atoms with Crippen molar-refractivity contribution in [3.05, 3.63) is 128 Å². The van der Waals surface area contributed by atoms with Crippen LogP contribution in [0.3, 0.4) is 0 Å². The molecule has 0 atom stereocenters. The van der Waals surface area contributed by atoms with E-state index < -0.39 is 0 Å². The molecule has 4 heterocycles. The van der Waals surface area contributed by atoms with Gasteiger partial charge in [0.05, 0.1) is 58.1 Å². The molecule has 0 saturated heterocycles. The van der Waals surface area contributed by atoms with Gasteiger partial charge in [0.1, 0.15) is 5.82 Å². The number of aliphatic hydroxyl groups excluding tert-OH is 2. The molecule has 0 unspecified atom stereocenters. The average molecular weight is 725 g/mol. The van der Waals surface area contributed by atoms with Crippen LogP contribution in [0.2, 0.25) is 0 Å². The van der Waals surface area contributed by atoms with Crippen LogP contribution in [-0.2, 0) is 13.1 Å². The van der Waals surface area contributed by atoms with Crippen LogP contribution in [0.4, 0.5) is 15.8 Å². The predicted molar refractivity (Wildman–Crippen MR) is 198 cm³/mol. The standard InChI is InChI=1S/C19H18FN3O2S.C19H19N3O2S/c1-12-18(13(2)25)26-19(23(12)9-10-24)22-16-7-8-17(21-11-16)14-3-5-15(20)6-4-14;1-13-18(14(2)24)25-19(22(13)10-11-23)21-16-8-9-17(20-12-16)15-6-4-3-5-7-15/h3-8,11,24H,9-10H2,1-2H3;3-9,12,23H,10-11H2,1-2H3. The molecule has 2 N–H and O–H groups in total. The van der Waals surface area contributed by atoms with E-state index in [1.807, 2.05) is 77.6 Å². The fraction of sp³-hybridized carbons (Fsp3) is 0.211. The van der Waals surface area contributed by atoms with Gasteiger partial charge >= 0.3 is 0 Å². The molecule has 0 radical (unpaired) electrons. The lowest BCUT2D eigenvalue weighted by Gasteiger charge is -2.04. The lowest BCUT2D eigenvalue weighted by molar-refractivity contribution is 0.101. The summed E-state index contributed by atoms with van der Waals surface area (Å²) in [5.74, 6) is -0.304. The summed E-state index contributed by atoms with van der Waals surface area (Å²) in [7, 11) is 0. The SMILES string of the molecule is CC(=O)c1sc(=Nc2ccc(-c3ccc(F)cc3)nc2)n(CCO)c1C.CC(=O)c1sc(=Nc2ccc(-c3ccccc3)nc2)n(CCO)c1C. The summed E-state index contributed by atoms with van der Waals surface area (Å²) >= 11 is 2.63. The number of Topliss-reactive ketones (excluding diaryl/α,β-unsaturated/α-hetero) is 2. The van der Waals surface area contributed by atoms with E-state index in [4.69, 9.17) is 0 Å². The largest absolute Gasteiger partial charge is 0.395 e. The highest BCUT2D eigenvalue weighted by molar-refractivity contribution is 7.11. The molecule has 0 aliphatic rings. The number of pyridine rings is 2. The number of rotatable bonds is 10. The lowest BCUT2D eigenvalue weighted by Crippen LogP contribution is -2.18. The number of aromatic nitrogens is 4. The van der Waals surface area contributed by atoms with Crippen LogP contribution >= 0.6 is 22.7 Å². The maximum atomic E-state index is 13.0. The van der Waals surface area contributed by atoms with Gasteiger partial charge in [0.15, 0.2) is 21.2 Å². The van der Waals surface area contributed by atoms with Crippen molar-refractivity contribution in [1.82, 2.24) is 19.1 Å². The van der Waals surface area contributed by atoms with Crippen LogP contribution in [0, 0.1) is 19.7 Å². The highest BCUT2D eigenvalue weighted by Crippen LogP contribution is 2.22. The first kappa shape index (κ1) is 37.1. The molecular formula is C38H37FN6O4S2. The number of halogens is 1. The number of nitrogens with zero attached hydrogens (tertiary/aromatic N) is 6. The summed E-state index contributed by atoms with van der Waals surface area (Å²) in [5, 5.41) is 18.6. The fourth-order valence-corrected chi connectivity index (χ4v) is 7.36. The second-order valence-electron chi connectivity index (χ2n) is 11.4. The van der Waals surface area contributed by atoms with E-state index in [0.29, 0.717) is 43.8 Å². The Morgan fingerprint density at radius 3 is 1.47 bits per heavy atom. The van der Waals surface area contributed by atoms with E-state index in [-0.39, 0.29) is 30.6 Å². The van der Waals surface area contributed by atoms with Gasteiger partial charge in [-0.1, -0.05) is 53.0 Å². The fourth-order valence-electron chi connectivity index (χ4n) is 5.22. The highest BCUT2D eigenvalue weighted by atomic mass is 32.1. The number of aliphatic hydroxyl groups is 2. The van der Waals surface area contributed by atoms with Gasteiger partial charge < -0.3 is 19.3 Å². The Morgan fingerprint density at radius 1 is 0.667 bits per heavy atom. The molecule has 10 nitrogen and oxygen atoms in total. The minimum atomic E-state index is -0.289. The van der Waals surface area contributed by atoms with E-state index in [9.17, 15) is 24.2 Å². The first-order valence-corrected chi connectivity index (χ1v) is 17.7. The van der Waals surface area contributed by atoms with Crippen molar-refractivity contribution in [2.45, 2.75) is 40.8 Å². The first-order valence-electron chi connectivity index (χ1n) is 16.1. The Balaban J connectivity index is 0.000000198. The summed E-state index contributed by atoms with van der Waals surface area (Å²) < 4.78 is 16.7. The van der Waals surface area contributed by atoms with Crippen molar-refractivity contribution < 1.29 is 24.2 Å². The van der Waals surface area contributed by atoms with Crippen molar-refractivity contribution in [3.63, 3.8) is 0 Å². The van der Waals surface area contributed by atoms with Crippen LogP contribution in [0.25, 0.3) is 22.5 Å². The quantitative estimate of drug-likeness (QED) is 0.149. The number of thiazole rings is 2. The molecular weight excluding hydrogens is 688 g/mol. The summed E-state index contributed by atoms with van der Waals surface area (Å²) in [6.45, 7) is 7.51. The van der Waals surface area contributed by atoms with Crippen LogP contribution in [0.15, 0.2) is 101 Å². The summed E-state index contributed by atoms with van der Waals surface area (Å²) in [4.78, 5) is 44.2. The molecule has 4 aromatic heterocycles. The monoisotopic (exact) mass is 724 g/mol. The normalized spacial score (nSPS) is 11.7. The molecule has 0 amide bonds. The van der Waals surface area contributed by atoms with Gasteiger partial charge in [0, 0.05) is 49.5 Å². The number of benzene rings is 2. The Bertz CT molecular complexity index is 2260. The average Bonchev–Trinajstić information content (AvgIpc) is 3.61. The summed E-state index contributed by atoms with van der Waals surface area (Å²) in [5.41, 5.74) is 6.45. The molecule has 0 fully saturated rings. The molecule has 6 aromatic rings. The first-order chi connectivity index (χ1) is 24.6. The molecule has 13 heteroatoms. The zero-order valence-corrected chi connectivity index (χ0v) is 30.2. The molecule has 0 aliphatic carbocycles. The van der Waals surface area contributed by atoms with Gasteiger partial charge in [-0.05, 0) is 62.4 Å². The third-order valence-electron chi connectivity index (χ3n) is 7.76. The van der Waals surface area contributed by atoms with Crippen LogP contribution in [-0.4, -0.2) is 54.1 Å². The van der Waals surface area contributed by atoms with Crippen molar-refractivity contribution in [3.8, 4) is 22.5 Å². The molecule has 0 bridgehead atoms. The van der Waals surface area contributed by atoms with Crippen molar-refractivity contribution in [2.75, 3.05) is 13.2 Å². The van der Waals surface area contributed by atoms with E-state index in [2.05, 4.69) is 20.0 Å². The molecule has 262 valence electrons. The van der Waals surface area contributed by atoms with E-state index in [1.165, 1.54) is 41.7 Å². The molecule has 0 saturated carbocycles. The Morgan fingerprint density at radius 2 is 1.10 bits per heavy atom. The summed E-state index contributed by atoms with van der Waals surface area (Å²) in [6.07, 6.45) is 3.35. The molecule has 0 aliphatic heterocycles. The molecule has 0 spiro atoms. The number of carbonyl (C=O) groups excluding carboxylic acids is 2. The van der Waals surface area contributed by atoms with E-state index >= 15 is 0 Å². The van der Waals surface area contributed by atoms with Gasteiger partial charge in [0.2, 0.25) is 0 Å². The van der Waals surface area contributed by atoms with E-state index in [0.717, 1.165) is 33.9 Å². The Hall–Kier alpha value is -5.21. The summed E-state index contributed by atoms with van der Waals surface area (Å²) in [6, 6.07) is 23.5. The van der Waals surface area contributed by atoms with Crippen LogP contribution in [0.1, 0.15) is 44.6 Å². The minimum absolute atomic E-state index is 0.00665. The lowest BCUT2D eigenvalue weighted by atomic mass is 10.1. The maximum absolute atomic E-state index is 13.0. The van der Waals surface area contributed by atoms with Crippen LogP contribution < -0.4 is 9.60 Å². The van der Waals surface area contributed by atoms with Gasteiger partial charge in [-0.25, -0.2) is 14.4 Å². The van der Waals surface area contributed by atoms with Gasteiger partial charge in [-0.2, -0.15) is 0 Å². The second kappa shape index (κ2) is 17.1. The number of hydrogen-bond donors (Lipinski definition) is 2. The number of hydrogen-bond acceptors (Lipinski definition) is 10. The minimum Gasteiger partial charge on any atom is -0.395 e. The van der Waals surface area contributed by atoms with Crippen molar-refractivity contribution >= 4 is 45.6 Å². The third kappa shape index (κ3) is 9.13. The second-order valence-corrected chi connectivity index (χ2v) is 13.3.